The van der Waals surface area contributed by atoms with Crippen molar-refractivity contribution < 1.29 is 4.79 Å². The third-order valence-corrected chi connectivity index (χ3v) is 3.56. The molecular formula is C10H7Cl3O. The number of halogens is 3. The number of benzene rings is 1. The first kappa shape index (κ1) is 10.3. The lowest BCUT2D eigenvalue weighted by atomic mass is 9.97. The van der Waals surface area contributed by atoms with Crippen LogP contribution in [0.2, 0.25) is 10.0 Å². The molecule has 1 nitrogen and oxygen atoms in total. The van der Waals surface area contributed by atoms with Gasteiger partial charge in [-0.3, -0.25) is 4.79 Å². The second-order valence-electron chi connectivity index (χ2n) is 3.45. The van der Waals surface area contributed by atoms with Crippen LogP contribution in [0.3, 0.4) is 0 Å². The molecule has 0 radical (unpaired) electrons. The van der Waals surface area contributed by atoms with Gasteiger partial charge >= 0.3 is 0 Å². The Morgan fingerprint density at radius 1 is 1.21 bits per heavy atom. The van der Waals surface area contributed by atoms with Crippen molar-refractivity contribution >= 4 is 40.0 Å². The van der Waals surface area contributed by atoms with Crippen molar-refractivity contribution in [1.82, 2.24) is 0 Å². The summed E-state index contributed by atoms with van der Waals surface area (Å²) in [6.45, 7) is 0. The summed E-state index contributed by atoms with van der Waals surface area (Å²) in [6.07, 6.45) is 1.47. The van der Waals surface area contributed by atoms with Crippen LogP contribution in [-0.4, -0.2) is 5.24 Å². The molecule has 1 fully saturated rings. The van der Waals surface area contributed by atoms with E-state index in [-0.39, 0.29) is 5.24 Å². The topological polar surface area (TPSA) is 17.1 Å². The first-order valence-electron chi connectivity index (χ1n) is 4.22. The molecule has 0 heterocycles. The van der Waals surface area contributed by atoms with Crippen LogP contribution < -0.4 is 0 Å². The van der Waals surface area contributed by atoms with Crippen molar-refractivity contribution in [3.63, 3.8) is 0 Å². The molecule has 2 rings (SSSR count). The predicted molar refractivity (Wildman–Crippen MR) is 58.2 cm³/mol. The largest absolute Gasteiger partial charge is 0.280 e. The van der Waals surface area contributed by atoms with E-state index in [1.165, 1.54) is 0 Å². The lowest BCUT2D eigenvalue weighted by Gasteiger charge is -2.13. The quantitative estimate of drug-likeness (QED) is 0.729. The van der Waals surface area contributed by atoms with Gasteiger partial charge in [-0.15, -0.1) is 0 Å². The molecule has 1 saturated carbocycles. The zero-order valence-electron chi connectivity index (χ0n) is 7.19. The summed E-state index contributed by atoms with van der Waals surface area (Å²) in [7, 11) is 0. The molecule has 1 aromatic rings. The Hall–Kier alpha value is -0.240. The van der Waals surface area contributed by atoms with Gasteiger partial charge in [-0.2, -0.15) is 0 Å². The normalized spacial score (nSPS) is 17.9. The number of hydrogen-bond acceptors (Lipinski definition) is 1. The summed E-state index contributed by atoms with van der Waals surface area (Å²) in [6, 6.07) is 5.20. The maximum absolute atomic E-state index is 11.3. The zero-order chi connectivity index (χ0) is 10.3. The maximum atomic E-state index is 11.3. The van der Waals surface area contributed by atoms with Gasteiger partial charge < -0.3 is 0 Å². The van der Waals surface area contributed by atoms with Gasteiger partial charge in [0, 0.05) is 15.6 Å². The van der Waals surface area contributed by atoms with Crippen LogP contribution >= 0.6 is 34.8 Å². The molecule has 0 atom stereocenters. The summed E-state index contributed by atoms with van der Waals surface area (Å²) in [5.41, 5.74) is 0.0695. The summed E-state index contributed by atoms with van der Waals surface area (Å²) >= 11 is 17.6. The van der Waals surface area contributed by atoms with Gasteiger partial charge in [0.15, 0.2) is 0 Å². The Kier molecular flexibility index (Phi) is 2.50. The molecule has 1 aliphatic rings. The molecular weight excluding hydrogens is 242 g/mol. The zero-order valence-corrected chi connectivity index (χ0v) is 9.46. The molecule has 0 aliphatic heterocycles. The van der Waals surface area contributed by atoms with E-state index in [1.807, 2.05) is 0 Å². The van der Waals surface area contributed by atoms with Crippen LogP contribution in [0.25, 0.3) is 0 Å². The highest BCUT2D eigenvalue weighted by atomic mass is 35.5. The lowest BCUT2D eigenvalue weighted by molar-refractivity contribution is -0.113. The molecule has 0 bridgehead atoms. The van der Waals surface area contributed by atoms with E-state index in [0.717, 1.165) is 12.8 Å². The fourth-order valence-electron chi connectivity index (χ4n) is 1.62. The predicted octanol–water partition coefficient (Wildman–Crippen LogP) is 3.79. The van der Waals surface area contributed by atoms with E-state index in [0.29, 0.717) is 15.6 Å². The van der Waals surface area contributed by atoms with Crippen LogP contribution in [0.5, 0.6) is 0 Å². The number of carbonyl (C=O) groups excluding carboxylic acids is 1. The van der Waals surface area contributed by atoms with Gasteiger partial charge in [-0.25, -0.2) is 0 Å². The van der Waals surface area contributed by atoms with Crippen molar-refractivity contribution in [1.29, 1.82) is 0 Å². The highest BCUT2D eigenvalue weighted by Crippen LogP contribution is 2.54. The van der Waals surface area contributed by atoms with E-state index in [9.17, 15) is 4.79 Å². The minimum atomic E-state index is -0.614. The molecule has 0 unspecified atom stereocenters. The molecule has 4 heteroatoms. The van der Waals surface area contributed by atoms with Crippen LogP contribution in [0.4, 0.5) is 0 Å². The van der Waals surface area contributed by atoms with Gasteiger partial charge in [0.1, 0.15) is 0 Å². The monoisotopic (exact) mass is 248 g/mol. The van der Waals surface area contributed by atoms with Gasteiger partial charge in [0.2, 0.25) is 5.24 Å². The van der Waals surface area contributed by atoms with E-state index < -0.39 is 5.41 Å². The first-order valence-corrected chi connectivity index (χ1v) is 5.36. The van der Waals surface area contributed by atoms with Crippen LogP contribution in [-0.2, 0) is 10.2 Å². The molecule has 0 N–H and O–H groups in total. The van der Waals surface area contributed by atoms with E-state index in [1.54, 1.807) is 18.2 Å². The Morgan fingerprint density at radius 3 is 2.07 bits per heavy atom. The smallest absolute Gasteiger partial charge is 0.232 e. The average molecular weight is 250 g/mol. The highest BCUT2D eigenvalue weighted by molar-refractivity contribution is 6.66. The van der Waals surface area contributed by atoms with Gasteiger partial charge in [-0.05, 0) is 36.6 Å². The highest BCUT2D eigenvalue weighted by Gasteiger charge is 2.52. The van der Waals surface area contributed by atoms with Crippen molar-refractivity contribution in [3.8, 4) is 0 Å². The van der Waals surface area contributed by atoms with Gasteiger partial charge in [0.05, 0.1) is 5.41 Å². The van der Waals surface area contributed by atoms with E-state index in [2.05, 4.69) is 0 Å². The molecule has 0 aromatic heterocycles. The second kappa shape index (κ2) is 3.41. The van der Waals surface area contributed by atoms with Crippen molar-refractivity contribution in [2.45, 2.75) is 18.3 Å². The van der Waals surface area contributed by atoms with Crippen molar-refractivity contribution in [2.24, 2.45) is 0 Å². The Labute approximate surface area is 97.0 Å². The molecule has 74 valence electrons. The fourth-order valence-corrected chi connectivity index (χ4v) is 2.67. The van der Waals surface area contributed by atoms with Crippen molar-refractivity contribution in [2.75, 3.05) is 0 Å². The Balaban J connectivity index is 2.56. The molecule has 1 aliphatic carbocycles. The third-order valence-electron chi connectivity index (χ3n) is 2.57. The number of rotatable bonds is 2. The number of carbonyl (C=O) groups is 1. The van der Waals surface area contributed by atoms with Crippen LogP contribution in [0.1, 0.15) is 18.4 Å². The average Bonchev–Trinajstić information content (AvgIpc) is 2.85. The second-order valence-corrected chi connectivity index (χ2v) is 4.61. The summed E-state index contributed by atoms with van der Waals surface area (Å²) in [5.74, 6) is 0. The van der Waals surface area contributed by atoms with E-state index >= 15 is 0 Å². The molecule has 14 heavy (non-hydrogen) atoms. The molecule has 0 amide bonds. The summed E-state index contributed by atoms with van der Waals surface area (Å²) in [4.78, 5) is 11.3. The van der Waals surface area contributed by atoms with Crippen LogP contribution in [0.15, 0.2) is 18.2 Å². The van der Waals surface area contributed by atoms with Crippen molar-refractivity contribution in [3.05, 3.63) is 33.8 Å². The lowest BCUT2D eigenvalue weighted by Crippen LogP contribution is -2.15. The van der Waals surface area contributed by atoms with E-state index in [4.69, 9.17) is 34.8 Å². The minimum absolute atomic E-state index is 0.368. The summed E-state index contributed by atoms with van der Waals surface area (Å²) in [5, 5.41) is 0.667. The molecule has 0 saturated heterocycles. The maximum Gasteiger partial charge on any atom is 0.232 e. The van der Waals surface area contributed by atoms with Gasteiger partial charge in [-0.1, -0.05) is 29.3 Å². The minimum Gasteiger partial charge on any atom is -0.280 e. The van der Waals surface area contributed by atoms with Gasteiger partial charge in [0.25, 0.3) is 0 Å². The summed E-state index contributed by atoms with van der Waals surface area (Å²) < 4.78 is 0. The molecule has 0 spiro atoms. The first-order chi connectivity index (χ1) is 6.58. The van der Waals surface area contributed by atoms with Crippen LogP contribution in [0, 0.1) is 0 Å². The Morgan fingerprint density at radius 2 is 1.71 bits per heavy atom. The number of hydrogen-bond donors (Lipinski definition) is 0. The Bertz CT molecular complexity index is 376. The fraction of sp³-hybridized carbons (Fsp3) is 0.300. The standard InChI is InChI=1S/C10H7Cl3O/c11-6-2-1-3-7(12)8(6)10(4-5-10)9(13)14/h1-3H,4-5H2. The third kappa shape index (κ3) is 1.44. The SMILES string of the molecule is O=C(Cl)C1(c2c(Cl)cccc2Cl)CC1. The molecule has 1 aromatic carbocycles.